The first kappa shape index (κ1) is 11.7. The number of hydrogen-bond acceptors (Lipinski definition) is 2. The van der Waals surface area contributed by atoms with Crippen LogP contribution >= 0.6 is 11.6 Å². The summed E-state index contributed by atoms with van der Waals surface area (Å²) >= 11 is 6.18. The maximum Gasteiger partial charge on any atom is 0.0909 e. The van der Waals surface area contributed by atoms with Gasteiger partial charge in [-0.2, -0.15) is 5.10 Å². The maximum atomic E-state index is 11.1. The van der Waals surface area contributed by atoms with Gasteiger partial charge in [-0.25, -0.2) is 0 Å². The largest absolute Gasteiger partial charge is 0.385 e. The molecule has 19 heavy (non-hydrogen) atoms. The summed E-state index contributed by atoms with van der Waals surface area (Å²) in [4.78, 5) is 0. The Morgan fingerprint density at radius 3 is 2.74 bits per heavy atom. The highest BCUT2D eigenvalue weighted by molar-refractivity contribution is 6.31. The monoisotopic (exact) mass is 276 g/mol. The minimum atomic E-state index is -0.719. The number of rotatable bonds is 1. The van der Waals surface area contributed by atoms with Crippen LogP contribution in [-0.4, -0.2) is 15.3 Å². The molecule has 0 saturated heterocycles. The number of benzene rings is 1. The fraction of sp³-hybridized carbons (Fsp3) is 0.533. The molecule has 0 amide bonds. The Kier molecular flexibility index (Phi) is 2.45. The van der Waals surface area contributed by atoms with Crippen molar-refractivity contribution in [1.29, 1.82) is 0 Å². The van der Waals surface area contributed by atoms with E-state index in [-0.39, 0.29) is 0 Å². The van der Waals surface area contributed by atoms with E-state index < -0.39 is 5.60 Å². The van der Waals surface area contributed by atoms with Crippen molar-refractivity contribution in [2.75, 3.05) is 0 Å². The molecule has 4 heteroatoms. The van der Waals surface area contributed by atoms with Gasteiger partial charge in [-0.1, -0.05) is 30.9 Å². The summed E-state index contributed by atoms with van der Waals surface area (Å²) < 4.78 is 0. The summed E-state index contributed by atoms with van der Waals surface area (Å²) in [7, 11) is 0. The minimum Gasteiger partial charge on any atom is -0.385 e. The van der Waals surface area contributed by atoms with Gasteiger partial charge in [0.15, 0.2) is 0 Å². The molecule has 1 aromatic carbocycles. The Labute approximate surface area is 117 Å². The highest BCUT2D eigenvalue weighted by Gasteiger charge is 2.47. The molecule has 100 valence electrons. The van der Waals surface area contributed by atoms with Gasteiger partial charge in [-0.3, -0.25) is 5.10 Å². The molecular weight excluding hydrogens is 260 g/mol. The van der Waals surface area contributed by atoms with Crippen LogP contribution in [0.25, 0.3) is 10.9 Å². The second-order valence-corrected chi connectivity index (χ2v) is 6.61. The van der Waals surface area contributed by atoms with Crippen molar-refractivity contribution in [3.8, 4) is 0 Å². The van der Waals surface area contributed by atoms with E-state index in [2.05, 4.69) is 10.2 Å². The molecule has 2 unspecified atom stereocenters. The number of aromatic nitrogens is 2. The van der Waals surface area contributed by atoms with E-state index in [1.165, 1.54) is 19.3 Å². The van der Waals surface area contributed by atoms with Crippen LogP contribution in [0.1, 0.15) is 37.7 Å². The third kappa shape index (κ3) is 1.72. The first-order valence-corrected chi connectivity index (χ1v) is 7.39. The fourth-order valence-electron chi connectivity index (χ4n) is 4.22. The normalized spacial score (nSPS) is 34.0. The predicted octanol–water partition coefficient (Wildman–Crippen LogP) is 3.61. The molecule has 4 rings (SSSR count). The zero-order chi connectivity index (χ0) is 13.0. The Morgan fingerprint density at radius 1 is 1.26 bits per heavy atom. The lowest BCUT2D eigenvalue weighted by Gasteiger charge is -2.25. The van der Waals surface area contributed by atoms with Gasteiger partial charge in [0.05, 0.1) is 17.3 Å². The summed E-state index contributed by atoms with van der Waals surface area (Å²) in [6.07, 6.45) is 7.40. The summed E-state index contributed by atoms with van der Waals surface area (Å²) in [5, 5.41) is 19.8. The number of halogens is 1. The quantitative estimate of drug-likeness (QED) is 0.836. The predicted molar refractivity (Wildman–Crippen MR) is 75.1 cm³/mol. The second-order valence-electron chi connectivity index (χ2n) is 6.18. The third-order valence-electron chi connectivity index (χ3n) is 5.04. The molecule has 2 atom stereocenters. The molecule has 1 heterocycles. The molecule has 0 aliphatic heterocycles. The number of nitrogens with one attached hydrogen (secondary N) is 1. The molecule has 2 fully saturated rings. The number of H-pyrrole nitrogens is 1. The zero-order valence-corrected chi connectivity index (χ0v) is 11.5. The van der Waals surface area contributed by atoms with Crippen molar-refractivity contribution in [3.05, 3.63) is 28.9 Å². The lowest BCUT2D eigenvalue weighted by molar-refractivity contribution is 0.0366. The number of nitrogens with zero attached hydrogens (tertiary/aromatic N) is 1. The molecule has 0 spiro atoms. The smallest absolute Gasteiger partial charge is 0.0909 e. The van der Waals surface area contributed by atoms with Crippen LogP contribution < -0.4 is 0 Å². The number of fused-ring (bicyclic) bond motifs is 2. The molecule has 2 saturated carbocycles. The zero-order valence-electron chi connectivity index (χ0n) is 10.7. The van der Waals surface area contributed by atoms with Gasteiger partial charge in [0.2, 0.25) is 0 Å². The van der Waals surface area contributed by atoms with Gasteiger partial charge >= 0.3 is 0 Å². The summed E-state index contributed by atoms with van der Waals surface area (Å²) in [6.45, 7) is 0. The van der Waals surface area contributed by atoms with Crippen LogP contribution in [0.3, 0.4) is 0 Å². The van der Waals surface area contributed by atoms with E-state index in [1.807, 2.05) is 12.1 Å². The van der Waals surface area contributed by atoms with Crippen LogP contribution in [0, 0.1) is 11.8 Å². The maximum absolute atomic E-state index is 11.1. The molecule has 3 nitrogen and oxygen atoms in total. The van der Waals surface area contributed by atoms with Crippen LogP contribution in [0.2, 0.25) is 5.02 Å². The van der Waals surface area contributed by atoms with Crippen molar-refractivity contribution >= 4 is 22.5 Å². The topological polar surface area (TPSA) is 48.9 Å². The van der Waals surface area contributed by atoms with E-state index >= 15 is 0 Å². The van der Waals surface area contributed by atoms with Gasteiger partial charge in [0.1, 0.15) is 0 Å². The first-order chi connectivity index (χ1) is 9.16. The Balaban J connectivity index is 1.83. The molecular formula is C15H17ClN2O. The molecule has 2 aliphatic rings. The van der Waals surface area contributed by atoms with Crippen molar-refractivity contribution < 1.29 is 5.11 Å². The summed E-state index contributed by atoms with van der Waals surface area (Å²) in [6, 6.07) is 3.78. The van der Waals surface area contributed by atoms with Gasteiger partial charge in [-0.15, -0.1) is 0 Å². The highest BCUT2D eigenvalue weighted by Crippen LogP contribution is 2.53. The molecule has 2 aliphatic carbocycles. The molecule has 2 N–H and O–H groups in total. The van der Waals surface area contributed by atoms with Crippen molar-refractivity contribution in [2.24, 2.45) is 11.8 Å². The van der Waals surface area contributed by atoms with Crippen molar-refractivity contribution in [1.82, 2.24) is 10.2 Å². The number of aromatic amines is 1. The van der Waals surface area contributed by atoms with Gasteiger partial charge in [0.25, 0.3) is 0 Å². The van der Waals surface area contributed by atoms with Gasteiger partial charge in [-0.05, 0) is 42.4 Å². The lowest BCUT2D eigenvalue weighted by atomic mass is 9.87. The lowest BCUT2D eigenvalue weighted by Crippen LogP contribution is -2.22. The van der Waals surface area contributed by atoms with E-state index in [0.29, 0.717) is 16.9 Å². The van der Waals surface area contributed by atoms with E-state index in [4.69, 9.17) is 11.6 Å². The first-order valence-electron chi connectivity index (χ1n) is 7.01. The summed E-state index contributed by atoms with van der Waals surface area (Å²) in [5.41, 5.74) is 1.15. The SMILES string of the molecule is OC1(c2cc(Cl)cc3[nH]ncc23)CC2CCCC2C1. The molecule has 1 aromatic heterocycles. The summed E-state index contributed by atoms with van der Waals surface area (Å²) in [5.74, 6) is 1.37. The second kappa shape index (κ2) is 3.97. The average molecular weight is 277 g/mol. The Morgan fingerprint density at radius 2 is 2.00 bits per heavy atom. The molecule has 2 aromatic rings. The van der Waals surface area contributed by atoms with Gasteiger partial charge in [0, 0.05) is 10.4 Å². The van der Waals surface area contributed by atoms with Crippen LogP contribution in [-0.2, 0) is 5.60 Å². The number of aliphatic hydroxyl groups is 1. The van der Waals surface area contributed by atoms with E-state index in [1.54, 1.807) is 6.20 Å². The minimum absolute atomic E-state index is 0.664. The molecule has 0 bridgehead atoms. The van der Waals surface area contributed by atoms with Crippen molar-refractivity contribution in [2.45, 2.75) is 37.7 Å². The fourth-order valence-corrected chi connectivity index (χ4v) is 4.44. The van der Waals surface area contributed by atoms with Crippen LogP contribution in [0.5, 0.6) is 0 Å². The molecule has 0 radical (unpaired) electrons. The number of hydrogen-bond donors (Lipinski definition) is 2. The standard InChI is InChI=1S/C15H17ClN2O/c16-11-4-13(12-8-17-18-14(12)5-11)15(19)6-9-2-1-3-10(9)7-15/h4-5,8-10,19H,1-3,6-7H2,(H,17,18). The van der Waals surface area contributed by atoms with Crippen molar-refractivity contribution in [3.63, 3.8) is 0 Å². The van der Waals surface area contributed by atoms with Crippen LogP contribution in [0.4, 0.5) is 0 Å². The Bertz CT molecular complexity index is 624. The van der Waals surface area contributed by atoms with E-state index in [0.717, 1.165) is 29.3 Å². The highest BCUT2D eigenvalue weighted by atomic mass is 35.5. The van der Waals surface area contributed by atoms with Crippen LogP contribution in [0.15, 0.2) is 18.3 Å². The third-order valence-corrected chi connectivity index (χ3v) is 5.26. The van der Waals surface area contributed by atoms with E-state index in [9.17, 15) is 5.11 Å². The Hall–Kier alpha value is -1.06. The van der Waals surface area contributed by atoms with Gasteiger partial charge < -0.3 is 5.11 Å². The average Bonchev–Trinajstić information content (AvgIpc) is 3.01.